The van der Waals surface area contributed by atoms with Crippen LogP contribution in [-0.2, 0) is 0 Å². The van der Waals surface area contributed by atoms with Crippen molar-refractivity contribution in [3.8, 4) is 0 Å². The van der Waals surface area contributed by atoms with Crippen LogP contribution >= 0.6 is 37.9 Å². The first kappa shape index (κ1) is 25.0. The Morgan fingerprint density at radius 3 is 1.31 bits per heavy atom. The Hall–Kier alpha value is 3.02. The van der Waals surface area contributed by atoms with Crippen LogP contribution < -0.4 is 0 Å². The van der Waals surface area contributed by atoms with Gasteiger partial charge in [0.25, 0.3) is 0 Å². The van der Waals surface area contributed by atoms with E-state index >= 15 is 0 Å². The summed E-state index contributed by atoms with van der Waals surface area (Å²) in [6.07, 6.45) is 0. The summed E-state index contributed by atoms with van der Waals surface area (Å²) in [5.74, 6) is 0. The molecule has 1 rings (SSSR count). The van der Waals surface area contributed by atoms with E-state index in [0.717, 1.165) is 0 Å². The van der Waals surface area contributed by atoms with Crippen molar-refractivity contribution in [3.63, 3.8) is 0 Å². The Bertz CT molecular complexity index is 220. The van der Waals surface area contributed by atoms with E-state index in [4.69, 9.17) is 0 Å². The largest absolute Gasteiger partial charge is 0.412 e. The van der Waals surface area contributed by atoms with Gasteiger partial charge in [0.2, 0.25) is 0 Å². The third-order valence-corrected chi connectivity index (χ3v) is 2.10. The van der Waals surface area contributed by atoms with E-state index in [9.17, 15) is 0 Å². The zero-order chi connectivity index (χ0) is 6.85. The van der Waals surface area contributed by atoms with Gasteiger partial charge < -0.3 is 5.48 Å². The van der Waals surface area contributed by atoms with Crippen LogP contribution in [0, 0.1) is 0 Å². The van der Waals surface area contributed by atoms with Crippen LogP contribution in [0.5, 0.6) is 0 Å². The van der Waals surface area contributed by atoms with Gasteiger partial charge in [0.1, 0.15) is 10.1 Å². The van der Waals surface area contributed by atoms with E-state index in [0.29, 0.717) is 14.9 Å². The summed E-state index contributed by atoms with van der Waals surface area (Å²) in [4.78, 5) is 0.552. The van der Waals surface area contributed by atoms with Crippen LogP contribution in [0.25, 0.3) is 0 Å². The molecule has 1 aromatic rings. The predicted molar refractivity (Wildman–Crippen MR) is 62.5 cm³/mol. The second-order valence-corrected chi connectivity index (χ2v) is 2.58. The fourth-order valence-electron chi connectivity index (χ4n) is 0.302. The summed E-state index contributed by atoms with van der Waals surface area (Å²) in [6, 6.07) is 0. The minimum Gasteiger partial charge on any atom is -0.412 e. The molecule has 0 saturated carbocycles. The van der Waals surface area contributed by atoms with Crippen LogP contribution in [0.4, 0.5) is 0 Å². The molecule has 4 nitrogen and oxygen atoms in total. The topological polar surface area (TPSA) is 70.2 Å². The first-order chi connectivity index (χ1) is 4.22. The first-order valence-corrected chi connectivity index (χ1v) is 3.36. The maximum atomic E-state index is 3.99. The second-order valence-electron chi connectivity index (χ2n) is 1.29. The Balaban J connectivity index is -0.000000101. The Kier molecular flexibility index (Phi) is 25.2. The van der Waals surface area contributed by atoms with E-state index in [-0.39, 0.29) is 94.1 Å². The fraction of sp³-hybridized carbons (Fsp3) is 0. The van der Waals surface area contributed by atoms with Crippen molar-refractivity contribution in [3.05, 3.63) is 0 Å². The molecule has 0 unspecified atom stereocenters. The normalized spacial score (nSPS) is 6.69. The molecule has 0 saturated heterocycles. The summed E-state index contributed by atoms with van der Waals surface area (Å²) in [7, 11) is 0. The van der Waals surface area contributed by atoms with Crippen molar-refractivity contribution >= 4 is 127 Å². The molecule has 1 heterocycles. The van der Waals surface area contributed by atoms with Crippen molar-refractivity contribution in [2.45, 2.75) is 14.9 Å². The van der Waals surface area contributed by atoms with Crippen molar-refractivity contribution < 1.29 is 5.48 Å². The summed E-state index contributed by atoms with van der Waals surface area (Å²) in [6.45, 7) is 0. The molecule has 0 aromatic carbocycles. The average Bonchev–Trinajstić information content (AvgIpc) is 1.83. The van der Waals surface area contributed by atoms with Gasteiger partial charge in [-0.3, -0.25) is 0 Å². The molecule has 3 radical (unpaired) electrons. The molecule has 13 heavy (non-hydrogen) atoms. The first-order valence-electron chi connectivity index (χ1n) is 2.02. The fourth-order valence-corrected chi connectivity index (χ4v) is 0.771. The molecule has 0 aliphatic heterocycles. The molecule has 2 N–H and O–H groups in total. The molecule has 0 atom stereocenters. The van der Waals surface area contributed by atoms with Gasteiger partial charge in [-0.25, -0.2) is 0 Å². The van der Waals surface area contributed by atoms with E-state index in [1.165, 1.54) is 0 Å². The van der Waals surface area contributed by atoms with Crippen LogP contribution in [0.2, 0.25) is 0 Å². The molecular weight excluding hydrogens is 259 g/mol. The monoisotopic (exact) mass is 264 g/mol. The van der Waals surface area contributed by atoms with Crippen molar-refractivity contribution in [2.75, 3.05) is 0 Å². The maximum Gasteiger partial charge on any atom is 0.134 e. The molecule has 10 heteroatoms. The van der Waals surface area contributed by atoms with Crippen molar-refractivity contribution in [2.24, 2.45) is 0 Å². The van der Waals surface area contributed by atoms with Crippen LogP contribution in [0.1, 0.15) is 0 Å². The maximum absolute atomic E-state index is 3.99. The molecular formula is C3H5N3Na3OS3. The zero-order valence-electron chi connectivity index (χ0n) is 7.68. The number of hydrogen-bond donors (Lipinski definition) is 3. The quantitative estimate of drug-likeness (QED) is 0.406. The van der Waals surface area contributed by atoms with Crippen molar-refractivity contribution in [1.29, 1.82) is 0 Å². The molecule has 59 valence electrons. The van der Waals surface area contributed by atoms with Gasteiger partial charge in [0, 0.05) is 88.7 Å². The van der Waals surface area contributed by atoms with Gasteiger partial charge in [0.15, 0.2) is 0 Å². The van der Waals surface area contributed by atoms with E-state index in [1.54, 1.807) is 0 Å². The van der Waals surface area contributed by atoms with Gasteiger partial charge in [-0.15, -0.1) is 48.1 Å². The smallest absolute Gasteiger partial charge is 0.134 e. The summed E-state index contributed by atoms with van der Waals surface area (Å²) in [5.41, 5.74) is 0. The molecule has 0 spiro atoms. The van der Waals surface area contributed by atoms with E-state index in [2.05, 4.69) is 53.3 Å². The number of aromatic nitrogens is 3. The Morgan fingerprint density at radius 1 is 0.769 bits per heavy atom. The number of rotatable bonds is 0. The molecule has 0 bridgehead atoms. The molecule has 1 aromatic heterocycles. The Morgan fingerprint density at radius 2 is 1.08 bits per heavy atom. The van der Waals surface area contributed by atoms with E-state index < -0.39 is 0 Å². The molecule has 0 aliphatic rings. The van der Waals surface area contributed by atoms with Gasteiger partial charge in [0.05, 0.1) is 4.90 Å². The molecule has 0 aliphatic carbocycles. The average molecular weight is 264 g/mol. The predicted octanol–water partition coefficient (Wildman–Crippen LogP) is -1.23. The summed E-state index contributed by atoms with van der Waals surface area (Å²) in [5, 5.41) is 11.3. The van der Waals surface area contributed by atoms with Crippen LogP contribution in [-0.4, -0.2) is 110 Å². The van der Waals surface area contributed by atoms with Gasteiger partial charge >= 0.3 is 0 Å². The number of hydrogen-bond acceptors (Lipinski definition) is 6. The molecule has 0 amide bonds. The van der Waals surface area contributed by atoms with Gasteiger partial charge in [-0.2, -0.15) is 0 Å². The molecule has 0 fully saturated rings. The standard InChI is InChI=1S/C3H3N3S3.3Na.H2O/c7-1-2(8)4-6-5-3(1)9;;;;/h(H,6,7)(H2,4,5,8,9);;;;1H2. The van der Waals surface area contributed by atoms with Gasteiger partial charge in [-0.1, -0.05) is 0 Å². The minimum absolute atomic E-state index is 0. The minimum atomic E-state index is 0. The third-order valence-electron chi connectivity index (χ3n) is 0.702. The number of thiol groups is 3. The second kappa shape index (κ2) is 13.1. The van der Waals surface area contributed by atoms with Crippen LogP contribution in [0.3, 0.4) is 0 Å². The van der Waals surface area contributed by atoms with Gasteiger partial charge in [-0.05, 0) is 5.21 Å². The number of nitrogens with zero attached hydrogens (tertiary/aromatic N) is 3. The van der Waals surface area contributed by atoms with E-state index in [1.807, 2.05) is 0 Å². The third kappa shape index (κ3) is 8.79. The zero-order valence-corrected chi connectivity index (χ0v) is 16.4. The SMILES string of the molecule is O.Sc1nnnc(S)c1S.[Na].[Na].[Na]. The summed E-state index contributed by atoms with van der Waals surface area (Å²) >= 11 is 11.9. The Labute approximate surface area is 159 Å². The van der Waals surface area contributed by atoms with Crippen molar-refractivity contribution in [1.82, 2.24) is 15.4 Å². The van der Waals surface area contributed by atoms with Crippen LogP contribution in [0.15, 0.2) is 14.9 Å². The summed E-state index contributed by atoms with van der Waals surface area (Å²) < 4.78 is 0.